The molecule has 0 fully saturated rings. The summed E-state index contributed by atoms with van der Waals surface area (Å²) in [5, 5.41) is 12.8. The molecule has 0 aromatic heterocycles. The van der Waals surface area contributed by atoms with Crippen molar-refractivity contribution in [2.24, 2.45) is 0 Å². The number of aliphatic hydroxyl groups is 1. The van der Waals surface area contributed by atoms with E-state index in [0.717, 1.165) is 16.9 Å². The average molecular weight is 418 g/mol. The minimum Gasteiger partial charge on any atom is -0.490 e. The Balaban J connectivity index is 1.28. The lowest BCUT2D eigenvalue weighted by Crippen LogP contribution is -2.36. The highest BCUT2D eigenvalue weighted by atomic mass is 16.5. The molecule has 0 spiro atoms. The number of para-hydroxylation sites is 1. The van der Waals surface area contributed by atoms with Crippen LogP contribution in [0.5, 0.6) is 5.75 Å². The third-order valence-corrected chi connectivity index (χ3v) is 5.65. The summed E-state index contributed by atoms with van der Waals surface area (Å²) >= 11 is 0. The predicted octanol–water partition coefficient (Wildman–Crippen LogP) is 4.58. The lowest BCUT2D eigenvalue weighted by Gasteiger charge is -2.17. The van der Waals surface area contributed by atoms with Crippen LogP contribution in [-0.2, 0) is 4.74 Å². The molecule has 31 heavy (non-hydrogen) atoms. The second-order valence-corrected chi connectivity index (χ2v) is 7.89. The van der Waals surface area contributed by atoms with E-state index >= 15 is 0 Å². The van der Waals surface area contributed by atoms with Crippen LogP contribution in [0, 0.1) is 13.8 Å². The first kappa shape index (κ1) is 20.9. The fourth-order valence-electron chi connectivity index (χ4n) is 4.12. The highest BCUT2D eigenvalue weighted by molar-refractivity contribution is 5.79. The Morgan fingerprint density at radius 3 is 2.13 bits per heavy atom. The maximum Gasteiger partial charge on any atom is 0.407 e. The lowest BCUT2D eigenvalue weighted by molar-refractivity contribution is 0.0969. The van der Waals surface area contributed by atoms with Crippen LogP contribution in [0.15, 0.2) is 66.7 Å². The van der Waals surface area contributed by atoms with Crippen molar-refractivity contribution in [3.05, 3.63) is 89.0 Å². The van der Waals surface area contributed by atoms with E-state index in [1.165, 1.54) is 22.3 Å². The predicted molar refractivity (Wildman–Crippen MR) is 120 cm³/mol. The minimum atomic E-state index is -0.834. The van der Waals surface area contributed by atoms with Gasteiger partial charge in [0.2, 0.25) is 0 Å². The molecule has 1 aliphatic rings. The molecule has 5 nitrogen and oxygen atoms in total. The van der Waals surface area contributed by atoms with Gasteiger partial charge < -0.3 is 19.9 Å². The molecule has 5 heteroatoms. The third kappa shape index (κ3) is 4.57. The van der Waals surface area contributed by atoms with Gasteiger partial charge in [-0.25, -0.2) is 4.79 Å². The van der Waals surface area contributed by atoms with Crippen molar-refractivity contribution >= 4 is 6.09 Å². The highest BCUT2D eigenvalue weighted by Gasteiger charge is 2.29. The van der Waals surface area contributed by atoms with E-state index in [1.807, 2.05) is 56.3 Å². The molecule has 1 amide bonds. The molecule has 0 saturated heterocycles. The average Bonchev–Trinajstić information content (AvgIpc) is 3.10. The Bertz CT molecular complexity index is 1010. The SMILES string of the molecule is Cc1cccc(C)c1OCC(O)CNC(=O)OCC1c2ccccc2-c2ccccc21. The number of nitrogens with one attached hydrogen (secondary N) is 1. The number of carbonyl (C=O) groups excluding carboxylic acids is 1. The van der Waals surface area contributed by atoms with Crippen LogP contribution in [-0.4, -0.2) is 37.1 Å². The Morgan fingerprint density at radius 1 is 0.935 bits per heavy atom. The summed E-state index contributed by atoms with van der Waals surface area (Å²) in [5.74, 6) is 0.776. The summed E-state index contributed by atoms with van der Waals surface area (Å²) < 4.78 is 11.2. The normalized spacial score (nSPS) is 13.3. The van der Waals surface area contributed by atoms with Crippen LogP contribution < -0.4 is 10.1 Å². The van der Waals surface area contributed by atoms with Crippen LogP contribution in [0.2, 0.25) is 0 Å². The summed E-state index contributed by atoms with van der Waals surface area (Å²) in [5.41, 5.74) is 6.72. The van der Waals surface area contributed by atoms with Gasteiger partial charge in [-0.3, -0.25) is 0 Å². The molecular weight excluding hydrogens is 390 g/mol. The van der Waals surface area contributed by atoms with Crippen molar-refractivity contribution in [1.82, 2.24) is 5.32 Å². The van der Waals surface area contributed by atoms with Crippen molar-refractivity contribution in [2.75, 3.05) is 19.8 Å². The van der Waals surface area contributed by atoms with E-state index < -0.39 is 12.2 Å². The van der Waals surface area contributed by atoms with Gasteiger partial charge in [0.15, 0.2) is 0 Å². The zero-order chi connectivity index (χ0) is 21.8. The maximum absolute atomic E-state index is 12.2. The molecule has 0 aliphatic heterocycles. The number of aryl methyl sites for hydroxylation is 2. The first-order chi connectivity index (χ1) is 15.0. The smallest absolute Gasteiger partial charge is 0.407 e. The third-order valence-electron chi connectivity index (χ3n) is 5.65. The molecule has 1 atom stereocenters. The van der Waals surface area contributed by atoms with Crippen molar-refractivity contribution in [3.63, 3.8) is 0 Å². The molecule has 0 heterocycles. The van der Waals surface area contributed by atoms with Crippen LogP contribution in [0.3, 0.4) is 0 Å². The summed E-state index contributed by atoms with van der Waals surface area (Å²) in [6.07, 6.45) is -1.38. The first-order valence-corrected chi connectivity index (χ1v) is 10.5. The van der Waals surface area contributed by atoms with Gasteiger partial charge in [0.05, 0.1) is 6.54 Å². The fraction of sp³-hybridized carbons (Fsp3) is 0.269. The molecule has 1 aliphatic carbocycles. The minimum absolute atomic E-state index is 0.00966. The van der Waals surface area contributed by atoms with E-state index in [9.17, 15) is 9.90 Å². The molecule has 160 valence electrons. The van der Waals surface area contributed by atoms with Gasteiger partial charge in [-0.15, -0.1) is 0 Å². The Kier molecular flexibility index (Phi) is 6.23. The zero-order valence-corrected chi connectivity index (χ0v) is 17.8. The maximum atomic E-state index is 12.2. The van der Waals surface area contributed by atoms with E-state index in [2.05, 4.69) is 29.6 Å². The number of benzene rings is 3. The van der Waals surface area contributed by atoms with Gasteiger partial charge >= 0.3 is 6.09 Å². The number of carbonyl (C=O) groups is 1. The van der Waals surface area contributed by atoms with Gasteiger partial charge in [-0.2, -0.15) is 0 Å². The molecule has 3 aromatic carbocycles. The summed E-state index contributed by atoms with van der Waals surface area (Å²) in [6.45, 7) is 4.32. The quantitative estimate of drug-likeness (QED) is 0.590. The van der Waals surface area contributed by atoms with Gasteiger partial charge in [0.25, 0.3) is 0 Å². The second kappa shape index (κ2) is 9.23. The second-order valence-electron chi connectivity index (χ2n) is 7.89. The van der Waals surface area contributed by atoms with Crippen molar-refractivity contribution in [2.45, 2.75) is 25.9 Å². The molecule has 1 unspecified atom stereocenters. The summed E-state index contributed by atoms with van der Waals surface area (Å²) in [7, 11) is 0. The van der Waals surface area contributed by atoms with Crippen LogP contribution in [0.25, 0.3) is 11.1 Å². The van der Waals surface area contributed by atoms with E-state index in [-0.39, 0.29) is 25.7 Å². The van der Waals surface area contributed by atoms with Gasteiger partial charge in [-0.05, 0) is 47.2 Å². The monoisotopic (exact) mass is 417 g/mol. The van der Waals surface area contributed by atoms with E-state index in [1.54, 1.807) is 0 Å². The van der Waals surface area contributed by atoms with Crippen molar-refractivity contribution in [3.8, 4) is 16.9 Å². The summed E-state index contributed by atoms with van der Waals surface area (Å²) in [6, 6.07) is 22.3. The van der Waals surface area contributed by atoms with E-state index in [4.69, 9.17) is 9.47 Å². The fourth-order valence-corrected chi connectivity index (χ4v) is 4.12. The van der Waals surface area contributed by atoms with Crippen LogP contribution >= 0.6 is 0 Å². The molecule has 0 bridgehead atoms. The molecule has 3 aromatic rings. The largest absolute Gasteiger partial charge is 0.490 e. The Hall–Kier alpha value is -3.31. The molecule has 0 saturated carbocycles. The molecule has 0 radical (unpaired) electrons. The molecular formula is C26H27NO4. The van der Waals surface area contributed by atoms with Crippen LogP contribution in [0.1, 0.15) is 28.2 Å². The molecule has 2 N–H and O–H groups in total. The standard InChI is InChI=1S/C26H27NO4/c1-17-8-7-9-18(2)25(17)30-15-19(28)14-27-26(29)31-16-24-22-12-5-3-10-20(22)21-11-4-6-13-23(21)24/h3-13,19,24,28H,14-16H2,1-2H3,(H,27,29). The van der Waals surface area contributed by atoms with Gasteiger partial charge in [-0.1, -0.05) is 66.7 Å². The van der Waals surface area contributed by atoms with Crippen molar-refractivity contribution < 1.29 is 19.4 Å². The number of rotatable bonds is 7. The molecule has 4 rings (SSSR count). The van der Waals surface area contributed by atoms with Crippen molar-refractivity contribution in [1.29, 1.82) is 0 Å². The van der Waals surface area contributed by atoms with Gasteiger partial charge in [0.1, 0.15) is 25.1 Å². The number of ether oxygens (including phenoxy) is 2. The number of hydrogen-bond donors (Lipinski definition) is 2. The number of aliphatic hydroxyl groups excluding tert-OH is 1. The lowest BCUT2D eigenvalue weighted by atomic mass is 9.98. The number of amides is 1. The topological polar surface area (TPSA) is 67.8 Å². The van der Waals surface area contributed by atoms with Gasteiger partial charge in [0, 0.05) is 5.92 Å². The number of alkyl carbamates (subject to hydrolysis) is 1. The summed E-state index contributed by atoms with van der Waals surface area (Å²) in [4.78, 5) is 12.2. The number of fused-ring (bicyclic) bond motifs is 3. The Morgan fingerprint density at radius 2 is 1.52 bits per heavy atom. The number of hydrogen-bond acceptors (Lipinski definition) is 4. The first-order valence-electron chi connectivity index (χ1n) is 10.5. The van der Waals surface area contributed by atoms with E-state index in [0.29, 0.717) is 0 Å². The zero-order valence-electron chi connectivity index (χ0n) is 17.8. The highest BCUT2D eigenvalue weighted by Crippen LogP contribution is 2.44. The Labute approximate surface area is 182 Å². The van der Waals surface area contributed by atoms with Crippen LogP contribution in [0.4, 0.5) is 4.79 Å².